The summed E-state index contributed by atoms with van der Waals surface area (Å²) < 4.78 is 0.230. The molecule has 29 heavy (non-hydrogen) atoms. The largest absolute Gasteiger partial charge is 0.355 e. The smallest absolute Gasteiger partial charge is 0.237 e. The van der Waals surface area contributed by atoms with E-state index in [-0.39, 0.29) is 35.0 Å². The van der Waals surface area contributed by atoms with Gasteiger partial charge in [0.2, 0.25) is 11.8 Å². The van der Waals surface area contributed by atoms with Gasteiger partial charge < -0.3 is 16.4 Å². The number of hydrogen-bond donors (Lipinski definition) is 3. The van der Waals surface area contributed by atoms with Crippen molar-refractivity contribution in [2.75, 3.05) is 18.4 Å². The summed E-state index contributed by atoms with van der Waals surface area (Å²) in [5, 5.41) is 6.19. The van der Waals surface area contributed by atoms with Gasteiger partial charge in [0.25, 0.3) is 0 Å². The van der Waals surface area contributed by atoms with Gasteiger partial charge >= 0.3 is 0 Å². The molecule has 5 nitrogen and oxygen atoms in total. The number of benzene rings is 1. The number of alkyl halides is 1. The van der Waals surface area contributed by atoms with Crippen LogP contribution in [0.2, 0.25) is 0 Å². The molecular formula is C22H27BrIN3O2. The second-order valence-electron chi connectivity index (χ2n) is 8.47. The molecule has 0 aromatic heterocycles. The summed E-state index contributed by atoms with van der Waals surface area (Å²) in [5.41, 5.74) is 6.42. The van der Waals surface area contributed by atoms with Crippen molar-refractivity contribution < 1.29 is 9.59 Å². The molecule has 4 rings (SSSR count). The zero-order chi connectivity index (χ0) is 20.6. The van der Waals surface area contributed by atoms with Crippen molar-refractivity contribution in [2.45, 2.75) is 35.5 Å². The molecule has 7 heteroatoms. The standard InChI is InChI=1S/C22H27BrIN3O2/c23-14-4-6-15(7-5-14)27-19(28)18-16-8-9-17(21(16)10-11-21)22(18,24)20(29)26-13-3-1-2-12-25/h4-9,16-18H,1-3,10-13,25H2,(H,26,29)(H,27,28). The predicted molar refractivity (Wildman–Crippen MR) is 127 cm³/mol. The first kappa shape index (κ1) is 21.3. The number of hydrogen-bond acceptors (Lipinski definition) is 3. The summed E-state index contributed by atoms with van der Waals surface area (Å²) in [6.07, 6.45) is 9.49. The van der Waals surface area contributed by atoms with Crippen LogP contribution in [0, 0.1) is 23.2 Å². The first-order valence-electron chi connectivity index (χ1n) is 10.4. The van der Waals surface area contributed by atoms with Gasteiger partial charge in [-0.15, -0.1) is 0 Å². The van der Waals surface area contributed by atoms with Crippen LogP contribution in [0.3, 0.4) is 0 Å². The van der Waals surface area contributed by atoms with Crippen molar-refractivity contribution in [1.29, 1.82) is 0 Å². The summed E-state index contributed by atoms with van der Waals surface area (Å²) in [5.74, 6) is -0.130. The first-order chi connectivity index (χ1) is 13.9. The average molecular weight is 572 g/mol. The Balaban J connectivity index is 1.52. The number of halogens is 2. The fourth-order valence-electron chi connectivity index (χ4n) is 5.24. The molecule has 1 aromatic carbocycles. The van der Waals surface area contributed by atoms with Crippen molar-refractivity contribution >= 4 is 56.0 Å². The van der Waals surface area contributed by atoms with Gasteiger partial charge in [0.15, 0.2) is 0 Å². The number of anilines is 1. The Kier molecular flexibility index (Phi) is 6.10. The average Bonchev–Trinajstić information content (AvgIpc) is 3.37. The van der Waals surface area contributed by atoms with Crippen LogP contribution < -0.4 is 16.4 Å². The Morgan fingerprint density at radius 1 is 1.14 bits per heavy atom. The lowest BCUT2D eigenvalue weighted by Gasteiger charge is -2.34. The van der Waals surface area contributed by atoms with Gasteiger partial charge in [-0.2, -0.15) is 0 Å². The number of nitrogens with two attached hydrogens (primary N) is 1. The fraction of sp³-hybridized carbons (Fsp3) is 0.545. The molecule has 1 aromatic rings. The lowest BCUT2D eigenvalue weighted by atomic mass is 9.81. The van der Waals surface area contributed by atoms with Gasteiger partial charge in [-0.1, -0.05) is 57.1 Å². The zero-order valence-electron chi connectivity index (χ0n) is 16.3. The highest BCUT2D eigenvalue weighted by atomic mass is 127. The van der Waals surface area contributed by atoms with E-state index < -0.39 is 3.42 Å². The Labute approximate surface area is 193 Å². The van der Waals surface area contributed by atoms with Crippen molar-refractivity contribution in [3.05, 3.63) is 40.9 Å². The van der Waals surface area contributed by atoms with E-state index in [9.17, 15) is 9.59 Å². The highest BCUT2D eigenvalue weighted by Gasteiger charge is 2.75. The molecule has 2 bridgehead atoms. The Morgan fingerprint density at radius 3 is 2.52 bits per heavy atom. The maximum absolute atomic E-state index is 13.4. The van der Waals surface area contributed by atoms with Crippen molar-refractivity contribution in [2.24, 2.45) is 28.9 Å². The molecule has 2 fully saturated rings. The molecule has 0 saturated heterocycles. The lowest BCUT2D eigenvalue weighted by Crippen LogP contribution is -2.53. The van der Waals surface area contributed by atoms with Crippen LogP contribution in [0.15, 0.2) is 40.9 Å². The quantitative estimate of drug-likeness (QED) is 0.191. The fourth-order valence-corrected chi connectivity index (χ4v) is 7.19. The van der Waals surface area contributed by atoms with Crippen molar-refractivity contribution in [3.63, 3.8) is 0 Å². The van der Waals surface area contributed by atoms with E-state index in [1.54, 1.807) is 0 Å². The second-order valence-corrected chi connectivity index (χ2v) is 11.2. The topological polar surface area (TPSA) is 84.2 Å². The maximum atomic E-state index is 13.4. The molecule has 0 radical (unpaired) electrons. The minimum Gasteiger partial charge on any atom is -0.355 e. The van der Waals surface area contributed by atoms with E-state index >= 15 is 0 Å². The Hall–Kier alpha value is -0.930. The van der Waals surface area contributed by atoms with E-state index in [1.165, 1.54) is 0 Å². The van der Waals surface area contributed by atoms with Crippen LogP contribution in [-0.4, -0.2) is 28.3 Å². The van der Waals surface area contributed by atoms with E-state index in [0.29, 0.717) is 13.1 Å². The maximum Gasteiger partial charge on any atom is 0.237 e. The molecule has 0 heterocycles. The lowest BCUT2D eigenvalue weighted by molar-refractivity contribution is -0.130. The summed E-state index contributed by atoms with van der Waals surface area (Å²) in [6.45, 7) is 1.32. The van der Waals surface area contributed by atoms with E-state index in [0.717, 1.165) is 42.3 Å². The third-order valence-electron chi connectivity index (χ3n) is 6.79. The summed E-state index contributed by atoms with van der Waals surface area (Å²) >= 11 is 5.71. The van der Waals surface area contributed by atoms with Gasteiger partial charge in [0.05, 0.1) is 5.92 Å². The molecular weight excluding hydrogens is 545 g/mol. The number of allylic oxidation sites excluding steroid dienone is 2. The van der Waals surface area contributed by atoms with Gasteiger partial charge in [0, 0.05) is 22.6 Å². The number of rotatable bonds is 8. The SMILES string of the molecule is NCCCCCNC(=O)C1(I)C(C(=O)Nc2ccc(Br)cc2)C2C=CC1C21CC1. The third-order valence-corrected chi connectivity index (χ3v) is 9.16. The van der Waals surface area contributed by atoms with Gasteiger partial charge in [0.1, 0.15) is 3.42 Å². The molecule has 4 unspecified atom stereocenters. The van der Waals surface area contributed by atoms with E-state index in [4.69, 9.17) is 5.73 Å². The summed E-state index contributed by atoms with van der Waals surface area (Å²) in [4.78, 5) is 26.7. The minimum absolute atomic E-state index is 0.00456. The van der Waals surface area contributed by atoms with Crippen LogP contribution in [0.25, 0.3) is 0 Å². The summed E-state index contributed by atoms with van der Waals surface area (Å²) in [7, 11) is 0. The van der Waals surface area contributed by atoms with Gasteiger partial charge in [-0.05, 0) is 67.8 Å². The minimum atomic E-state index is -0.735. The molecule has 3 aliphatic rings. The highest BCUT2D eigenvalue weighted by Crippen LogP contribution is 2.75. The van der Waals surface area contributed by atoms with Gasteiger partial charge in [-0.25, -0.2) is 0 Å². The van der Waals surface area contributed by atoms with Crippen LogP contribution in [0.5, 0.6) is 0 Å². The van der Waals surface area contributed by atoms with Crippen LogP contribution in [-0.2, 0) is 9.59 Å². The van der Waals surface area contributed by atoms with Crippen LogP contribution in [0.1, 0.15) is 32.1 Å². The number of amides is 2. The van der Waals surface area contributed by atoms with Crippen LogP contribution >= 0.6 is 38.5 Å². The second kappa shape index (κ2) is 8.30. The monoisotopic (exact) mass is 571 g/mol. The Bertz CT molecular complexity index is 824. The molecule has 2 saturated carbocycles. The molecule has 4 atom stereocenters. The van der Waals surface area contributed by atoms with Crippen LogP contribution in [0.4, 0.5) is 5.69 Å². The first-order valence-corrected chi connectivity index (χ1v) is 12.2. The zero-order valence-corrected chi connectivity index (χ0v) is 20.0. The third kappa shape index (κ3) is 3.67. The predicted octanol–water partition coefficient (Wildman–Crippen LogP) is 4.02. The highest BCUT2D eigenvalue weighted by molar-refractivity contribution is 14.1. The molecule has 3 aliphatic carbocycles. The molecule has 4 N–H and O–H groups in total. The normalized spacial score (nSPS) is 30.5. The number of carbonyl (C=O) groups is 2. The number of nitrogens with one attached hydrogen (secondary N) is 2. The van der Waals surface area contributed by atoms with Crippen molar-refractivity contribution in [1.82, 2.24) is 5.32 Å². The molecule has 1 spiro atoms. The van der Waals surface area contributed by atoms with Gasteiger partial charge in [-0.3, -0.25) is 9.59 Å². The molecule has 2 amide bonds. The van der Waals surface area contributed by atoms with E-state index in [2.05, 4.69) is 61.3 Å². The number of unbranched alkanes of at least 4 members (excludes halogenated alkanes) is 2. The van der Waals surface area contributed by atoms with E-state index in [1.807, 2.05) is 24.3 Å². The molecule has 156 valence electrons. The number of carbonyl (C=O) groups excluding carboxylic acids is 2. The molecule has 0 aliphatic heterocycles. The summed E-state index contributed by atoms with van der Waals surface area (Å²) in [6, 6.07) is 7.57. The van der Waals surface area contributed by atoms with Crippen molar-refractivity contribution in [3.8, 4) is 0 Å². The Morgan fingerprint density at radius 2 is 1.86 bits per heavy atom.